The molecule has 30 heavy (non-hydrogen) atoms. The van der Waals surface area contributed by atoms with Crippen molar-refractivity contribution in [2.45, 2.75) is 50.6 Å². The fourth-order valence-electron chi connectivity index (χ4n) is 4.40. The molecule has 0 N–H and O–H groups in total. The van der Waals surface area contributed by atoms with Crippen LogP contribution in [0.4, 0.5) is 0 Å². The van der Waals surface area contributed by atoms with Crippen molar-refractivity contribution in [3.05, 3.63) is 50.6 Å². The number of thiophene rings is 1. The molecule has 1 saturated heterocycles. The van der Waals surface area contributed by atoms with Gasteiger partial charge in [-0.3, -0.25) is 14.2 Å². The van der Waals surface area contributed by atoms with E-state index in [4.69, 9.17) is 4.98 Å². The minimum Gasteiger partial charge on any atom is -0.342 e. The Bertz CT molecular complexity index is 1160. The van der Waals surface area contributed by atoms with E-state index in [1.165, 1.54) is 28.6 Å². The molecule has 3 heterocycles. The van der Waals surface area contributed by atoms with Crippen LogP contribution < -0.4 is 5.56 Å². The predicted octanol–water partition coefficient (Wildman–Crippen LogP) is 4.35. The first-order valence-corrected chi connectivity index (χ1v) is 12.5. The Morgan fingerprint density at radius 2 is 1.87 bits per heavy atom. The van der Waals surface area contributed by atoms with Gasteiger partial charge < -0.3 is 4.90 Å². The first-order chi connectivity index (χ1) is 14.6. The van der Waals surface area contributed by atoms with Crippen LogP contribution in [0.5, 0.6) is 0 Å². The molecule has 0 saturated carbocycles. The summed E-state index contributed by atoms with van der Waals surface area (Å²) >= 11 is 3.04. The largest absolute Gasteiger partial charge is 0.342 e. The quantitative estimate of drug-likeness (QED) is 0.448. The SMILES string of the molecule is Cc1ccc(-n2c(SCC(=O)N3CCCCC3)nc3sc4c(c3c2=O)CCC4)cc1. The van der Waals surface area contributed by atoms with Crippen LogP contribution >= 0.6 is 23.1 Å². The minimum atomic E-state index is -0.00354. The van der Waals surface area contributed by atoms with Gasteiger partial charge in [-0.25, -0.2) is 4.98 Å². The van der Waals surface area contributed by atoms with Crippen molar-refractivity contribution in [1.82, 2.24) is 14.5 Å². The van der Waals surface area contributed by atoms with E-state index < -0.39 is 0 Å². The molecule has 2 aliphatic rings. The molecule has 0 spiro atoms. The number of amides is 1. The predicted molar refractivity (Wildman–Crippen MR) is 123 cm³/mol. The van der Waals surface area contributed by atoms with Crippen molar-refractivity contribution in [3.8, 4) is 5.69 Å². The summed E-state index contributed by atoms with van der Waals surface area (Å²) in [7, 11) is 0. The summed E-state index contributed by atoms with van der Waals surface area (Å²) in [6.45, 7) is 3.72. The average Bonchev–Trinajstić information content (AvgIpc) is 3.34. The van der Waals surface area contributed by atoms with Crippen LogP contribution in [0.25, 0.3) is 15.9 Å². The van der Waals surface area contributed by atoms with E-state index in [1.807, 2.05) is 36.1 Å². The summed E-state index contributed by atoms with van der Waals surface area (Å²) < 4.78 is 1.71. The molecule has 0 atom stereocenters. The van der Waals surface area contributed by atoms with Gasteiger partial charge in [0.15, 0.2) is 5.16 Å². The van der Waals surface area contributed by atoms with Crippen LogP contribution in [-0.4, -0.2) is 39.2 Å². The highest BCUT2D eigenvalue weighted by molar-refractivity contribution is 7.99. The molecule has 5 nitrogen and oxygen atoms in total. The number of likely N-dealkylation sites (tertiary alicyclic amines) is 1. The minimum absolute atomic E-state index is 0.00354. The molecule has 1 fully saturated rings. The van der Waals surface area contributed by atoms with Crippen molar-refractivity contribution < 1.29 is 4.79 Å². The average molecular weight is 440 g/mol. The van der Waals surface area contributed by atoms with Gasteiger partial charge in [0, 0.05) is 18.0 Å². The van der Waals surface area contributed by atoms with E-state index >= 15 is 0 Å². The number of fused-ring (bicyclic) bond motifs is 3. The number of hydrogen-bond donors (Lipinski definition) is 0. The molecule has 1 aliphatic heterocycles. The number of aryl methyl sites for hydroxylation is 3. The summed E-state index contributed by atoms with van der Waals surface area (Å²) in [5.41, 5.74) is 3.14. The maximum absolute atomic E-state index is 13.6. The number of hydrogen-bond acceptors (Lipinski definition) is 5. The first kappa shape index (κ1) is 19.8. The van der Waals surface area contributed by atoms with Crippen molar-refractivity contribution >= 4 is 39.2 Å². The topological polar surface area (TPSA) is 55.2 Å². The van der Waals surface area contributed by atoms with Gasteiger partial charge in [0.1, 0.15) is 4.83 Å². The zero-order chi connectivity index (χ0) is 20.7. The summed E-state index contributed by atoms with van der Waals surface area (Å²) in [6, 6.07) is 7.95. The van der Waals surface area contributed by atoms with Crippen molar-refractivity contribution in [2.24, 2.45) is 0 Å². The molecule has 1 amide bonds. The van der Waals surface area contributed by atoms with Gasteiger partial charge in [0.2, 0.25) is 5.91 Å². The normalized spacial score (nSPS) is 16.2. The highest BCUT2D eigenvalue weighted by atomic mass is 32.2. The van der Waals surface area contributed by atoms with Gasteiger partial charge in [-0.2, -0.15) is 0 Å². The molecule has 156 valence electrons. The smallest absolute Gasteiger partial charge is 0.267 e. The number of piperidine rings is 1. The second-order valence-electron chi connectivity index (χ2n) is 8.14. The van der Waals surface area contributed by atoms with E-state index in [0.717, 1.165) is 66.7 Å². The zero-order valence-corrected chi connectivity index (χ0v) is 18.8. The number of carbonyl (C=O) groups excluding carboxylic acids is 1. The van der Waals surface area contributed by atoms with Crippen LogP contribution in [0.2, 0.25) is 0 Å². The number of carbonyl (C=O) groups is 1. The van der Waals surface area contributed by atoms with E-state index in [0.29, 0.717) is 10.9 Å². The van der Waals surface area contributed by atoms with Crippen LogP contribution in [0.1, 0.15) is 41.7 Å². The molecule has 7 heteroatoms. The third-order valence-electron chi connectivity index (χ3n) is 6.03. The lowest BCUT2D eigenvalue weighted by atomic mass is 10.1. The fraction of sp³-hybridized carbons (Fsp3) is 0.435. The number of aromatic nitrogens is 2. The van der Waals surface area contributed by atoms with Crippen molar-refractivity contribution in [3.63, 3.8) is 0 Å². The summed E-state index contributed by atoms with van der Waals surface area (Å²) in [4.78, 5) is 35.3. The van der Waals surface area contributed by atoms with E-state index in [1.54, 1.807) is 15.9 Å². The first-order valence-electron chi connectivity index (χ1n) is 10.7. The molecular weight excluding hydrogens is 414 g/mol. The third-order valence-corrected chi connectivity index (χ3v) is 8.14. The Balaban J connectivity index is 1.55. The summed E-state index contributed by atoms with van der Waals surface area (Å²) in [5.74, 6) is 0.452. The Hall–Kier alpha value is -2.12. The highest BCUT2D eigenvalue weighted by Gasteiger charge is 2.25. The van der Waals surface area contributed by atoms with Crippen LogP contribution in [0, 0.1) is 6.92 Å². The molecular formula is C23H25N3O2S2. The molecule has 0 radical (unpaired) electrons. The fourth-order valence-corrected chi connectivity index (χ4v) is 6.62. The van der Waals surface area contributed by atoms with E-state index in [9.17, 15) is 9.59 Å². The maximum atomic E-state index is 13.6. The second-order valence-corrected chi connectivity index (χ2v) is 10.2. The van der Waals surface area contributed by atoms with Gasteiger partial charge in [-0.1, -0.05) is 29.5 Å². The van der Waals surface area contributed by atoms with Gasteiger partial charge in [-0.15, -0.1) is 11.3 Å². The van der Waals surface area contributed by atoms with Crippen molar-refractivity contribution in [2.75, 3.05) is 18.8 Å². The number of rotatable bonds is 4. The Labute approximate surface area is 184 Å². The van der Waals surface area contributed by atoms with E-state index in [-0.39, 0.29) is 11.5 Å². The monoisotopic (exact) mass is 439 g/mol. The van der Waals surface area contributed by atoms with Crippen LogP contribution in [0.15, 0.2) is 34.2 Å². The molecule has 1 aromatic carbocycles. The van der Waals surface area contributed by atoms with Gasteiger partial charge >= 0.3 is 0 Å². The number of thioether (sulfide) groups is 1. The standard InChI is InChI=1S/C23H25N3O2S2/c1-15-8-10-16(11-9-15)26-22(28)20-17-6-5-7-18(17)30-21(20)24-23(26)29-14-19(27)25-12-3-2-4-13-25/h8-11H,2-7,12-14H2,1H3. The summed E-state index contributed by atoms with van der Waals surface area (Å²) in [6.07, 6.45) is 6.47. The van der Waals surface area contributed by atoms with Gasteiger partial charge in [0.25, 0.3) is 5.56 Å². The lowest BCUT2D eigenvalue weighted by Crippen LogP contribution is -2.36. The van der Waals surface area contributed by atoms with E-state index in [2.05, 4.69) is 0 Å². The van der Waals surface area contributed by atoms with Crippen molar-refractivity contribution in [1.29, 1.82) is 0 Å². The Morgan fingerprint density at radius 1 is 1.10 bits per heavy atom. The third kappa shape index (κ3) is 3.58. The highest BCUT2D eigenvalue weighted by Crippen LogP contribution is 2.36. The molecule has 3 aromatic rings. The molecule has 0 unspecified atom stereocenters. The lowest BCUT2D eigenvalue weighted by molar-refractivity contribution is -0.129. The lowest BCUT2D eigenvalue weighted by Gasteiger charge is -2.26. The molecule has 1 aliphatic carbocycles. The van der Waals surface area contributed by atoms with Gasteiger partial charge in [-0.05, 0) is 63.1 Å². The molecule has 0 bridgehead atoms. The molecule has 5 rings (SSSR count). The number of benzene rings is 1. The Kier molecular flexibility index (Phi) is 5.41. The maximum Gasteiger partial charge on any atom is 0.267 e. The second kappa shape index (κ2) is 8.19. The van der Waals surface area contributed by atoms with Crippen LogP contribution in [-0.2, 0) is 17.6 Å². The zero-order valence-electron chi connectivity index (χ0n) is 17.1. The Morgan fingerprint density at radius 3 is 2.63 bits per heavy atom. The van der Waals surface area contributed by atoms with Gasteiger partial charge in [0.05, 0.1) is 16.8 Å². The summed E-state index contributed by atoms with van der Waals surface area (Å²) in [5, 5.41) is 1.39. The molecule has 2 aromatic heterocycles. The van der Waals surface area contributed by atoms with Crippen LogP contribution in [0.3, 0.4) is 0 Å². The number of nitrogens with zero attached hydrogens (tertiary/aromatic N) is 3.